The van der Waals surface area contributed by atoms with E-state index in [0.29, 0.717) is 28.5 Å². The molecule has 0 aliphatic rings. The highest BCUT2D eigenvalue weighted by Crippen LogP contribution is 2.24. The van der Waals surface area contributed by atoms with Crippen molar-refractivity contribution < 1.29 is 14.5 Å². The zero-order valence-corrected chi connectivity index (χ0v) is 16.4. The first-order valence-electron chi connectivity index (χ1n) is 8.74. The van der Waals surface area contributed by atoms with Gasteiger partial charge in [-0.25, -0.2) is 0 Å². The number of carbonyl (C=O) groups is 1. The van der Waals surface area contributed by atoms with Crippen LogP contribution in [0.4, 0.5) is 5.69 Å². The van der Waals surface area contributed by atoms with Crippen molar-refractivity contribution in [2.24, 2.45) is 0 Å². The van der Waals surface area contributed by atoms with E-state index >= 15 is 0 Å². The molecule has 148 valence electrons. The van der Waals surface area contributed by atoms with Gasteiger partial charge in [0.15, 0.2) is 0 Å². The quantitative estimate of drug-likeness (QED) is 0.422. The van der Waals surface area contributed by atoms with Crippen molar-refractivity contribution in [2.45, 2.75) is 13.2 Å². The van der Waals surface area contributed by atoms with Gasteiger partial charge in [-0.05, 0) is 42.0 Å². The number of carbonyl (C=O) groups excluding carboxylic acids is 1. The number of pyridine rings is 1. The van der Waals surface area contributed by atoms with E-state index in [0.717, 1.165) is 5.56 Å². The SMILES string of the molecule is CN(Cc1cc([N+](=O)[O-])ccc1Cl)C(=O)c1ccc(OCc2cccnc2)cc1. The van der Waals surface area contributed by atoms with Crippen LogP contribution >= 0.6 is 11.6 Å². The van der Waals surface area contributed by atoms with Crippen LogP contribution in [0.15, 0.2) is 67.0 Å². The molecule has 0 unspecified atom stereocenters. The third-order valence-corrected chi connectivity index (χ3v) is 4.59. The lowest BCUT2D eigenvalue weighted by atomic mass is 10.1. The van der Waals surface area contributed by atoms with Gasteiger partial charge < -0.3 is 9.64 Å². The average Bonchev–Trinajstić information content (AvgIpc) is 2.74. The third kappa shape index (κ3) is 5.30. The molecule has 0 atom stereocenters. The summed E-state index contributed by atoms with van der Waals surface area (Å²) in [6.07, 6.45) is 3.42. The number of aromatic nitrogens is 1. The number of nitro benzene ring substituents is 1. The van der Waals surface area contributed by atoms with Gasteiger partial charge in [0, 0.05) is 54.3 Å². The van der Waals surface area contributed by atoms with Crippen LogP contribution in [0.25, 0.3) is 0 Å². The molecular weight excluding hydrogens is 394 g/mol. The van der Waals surface area contributed by atoms with Crippen LogP contribution in [-0.2, 0) is 13.2 Å². The van der Waals surface area contributed by atoms with Gasteiger partial charge in [0.05, 0.1) is 4.92 Å². The fraction of sp³-hybridized carbons (Fsp3) is 0.143. The van der Waals surface area contributed by atoms with E-state index in [1.807, 2.05) is 12.1 Å². The molecule has 7 nitrogen and oxygen atoms in total. The van der Waals surface area contributed by atoms with Crippen molar-refractivity contribution in [2.75, 3.05) is 7.05 Å². The summed E-state index contributed by atoms with van der Waals surface area (Å²) in [5.41, 5.74) is 1.86. The fourth-order valence-corrected chi connectivity index (χ4v) is 2.86. The van der Waals surface area contributed by atoms with E-state index in [1.54, 1.807) is 43.7 Å². The maximum Gasteiger partial charge on any atom is 0.269 e. The van der Waals surface area contributed by atoms with E-state index in [-0.39, 0.29) is 18.1 Å². The second-order valence-corrected chi connectivity index (χ2v) is 6.78. The number of benzene rings is 2. The molecule has 0 aliphatic carbocycles. The molecule has 0 saturated carbocycles. The molecule has 1 heterocycles. The summed E-state index contributed by atoms with van der Waals surface area (Å²) in [6.45, 7) is 0.533. The number of nitro groups is 1. The Morgan fingerprint density at radius 3 is 2.62 bits per heavy atom. The highest BCUT2D eigenvalue weighted by atomic mass is 35.5. The Balaban J connectivity index is 1.64. The van der Waals surface area contributed by atoms with Gasteiger partial charge in [-0.1, -0.05) is 17.7 Å². The molecule has 3 aromatic rings. The summed E-state index contributed by atoms with van der Waals surface area (Å²) in [5.74, 6) is 0.404. The van der Waals surface area contributed by atoms with Gasteiger partial charge in [0.2, 0.25) is 0 Å². The smallest absolute Gasteiger partial charge is 0.269 e. The van der Waals surface area contributed by atoms with Gasteiger partial charge in [0.1, 0.15) is 12.4 Å². The summed E-state index contributed by atoms with van der Waals surface area (Å²) in [5, 5.41) is 11.3. The minimum Gasteiger partial charge on any atom is -0.489 e. The fourth-order valence-electron chi connectivity index (χ4n) is 2.69. The van der Waals surface area contributed by atoms with Crippen LogP contribution in [0, 0.1) is 10.1 Å². The number of nitrogens with zero attached hydrogens (tertiary/aromatic N) is 3. The Bertz CT molecular complexity index is 1010. The molecule has 3 rings (SSSR count). The second kappa shape index (κ2) is 9.16. The Morgan fingerprint density at radius 2 is 1.97 bits per heavy atom. The van der Waals surface area contributed by atoms with Crippen LogP contribution in [0.2, 0.25) is 5.02 Å². The maximum atomic E-state index is 12.7. The van der Waals surface area contributed by atoms with E-state index in [4.69, 9.17) is 16.3 Å². The number of halogens is 1. The van der Waals surface area contributed by atoms with Crippen molar-refractivity contribution in [3.63, 3.8) is 0 Å². The summed E-state index contributed by atoms with van der Waals surface area (Å²) in [6, 6.07) is 14.7. The van der Waals surface area contributed by atoms with Crippen molar-refractivity contribution >= 4 is 23.2 Å². The molecule has 0 N–H and O–H groups in total. The number of non-ortho nitro benzene ring substituents is 1. The molecule has 1 amide bonds. The van der Waals surface area contributed by atoms with Gasteiger partial charge >= 0.3 is 0 Å². The highest BCUT2D eigenvalue weighted by molar-refractivity contribution is 6.31. The maximum absolute atomic E-state index is 12.7. The number of ether oxygens (including phenoxy) is 1. The molecule has 29 heavy (non-hydrogen) atoms. The van der Waals surface area contributed by atoms with Crippen LogP contribution in [0.5, 0.6) is 5.75 Å². The summed E-state index contributed by atoms with van der Waals surface area (Å²) in [4.78, 5) is 28.6. The Kier molecular flexibility index (Phi) is 6.41. The largest absolute Gasteiger partial charge is 0.489 e. The number of hydrogen-bond acceptors (Lipinski definition) is 5. The number of rotatable bonds is 7. The van der Waals surface area contributed by atoms with E-state index in [9.17, 15) is 14.9 Å². The van der Waals surface area contributed by atoms with Crippen molar-refractivity contribution in [1.82, 2.24) is 9.88 Å². The zero-order chi connectivity index (χ0) is 20.8. The topological polar surface area (TPSA) is 85.6 Å². The molecule has 8 heteroatoms. The lowest BCUT2D eigenvalue weighted by molar-refractivity contribution is -0.384. The Morgan fingerprint density at radius 1 is 1.21 bits per heavy atom. The molecule has 0 aliphatic heterocycles. The van der Waals surface area contributed by atoms with E-state index in [2.05, 4.69) is 4.98 Å². The zero-order valence-electron chi connectivity index (χ0n) is 15.6. The number of hydrogen-bond donors (Lipinski definition) is 0. The summed E-state index contributed by atoms with van der Waals surface area (Å²) < 4.78 is 5.69. The van der Waals surface area contributed by atoms with Crippen molar-refractivity contribution in [3.05, 3.63) is 98.8 Å². The Hall–Kier alpha value is -3.45. The normalized spacial score (nSPS) is 10.4. The summed E-state index contributed by atoms with van der Waals surface area (Å²) >= 11 is 6.12. The van der Waals surface area contributed by atoms with Crippen LogP contribution in [0.3, 0.4) is 0 Å². The van der Waals surface area contributed by atoms with Crippen LogP contribution < -0.4 is 4.74 Å². The Labute approximate surface area is 172 Å². The second-order valence-electron chi connectivity index (χ2n) is 6.37. The molecule has 2 aromatic carbocycles. The number of amides is 1. The minimum absolute atomic E-state index is 0.0691. The van der Waals surface area contributed by atoms with Gasteiger partial charge in [-0.2, -0.15) is 0 Å². The standard InChI is InChI=1S/C21H18ClN3O4/c1-24(13-17-11-18(25(27)28)6-9-20(17)22)21(26)16-4-7-19(8-5-16)29-14-15-3-2-10-23-12-15/h2-12H,13-14H2,1H3. The van der Waals surface area contributed by atoms with Crippen molar-refractivity contribution in [3.8, 4) is 5.75 Å². The van der Waals surface area contributed by atoms with Gasteiger partial charge in [0.25, 0.3) is 11.6 Å². The first-order chi connectivity index (χ1) is 13.9. The molecule has 0 saturated heterocycles. The van der Waals surface area contributed by atoms with E-state index in [1.165, 1.54) is 23.1 Å². The predicted molar refractivity (Wildman–Crippen MR) is 109 cm³/mol. The minimum atomic E-state index is -0.494. The first kappa shape index (κ1) is 20.3. The molecule has 0 radical (unpaired) electrons. The highest BCUT2D eigenvalue weighted by Gasteiger charge is 2.16. The molecule has 0 bridgehead atoms. The first-order valence-corrected chi connectivity index (χ1v) is 9.12. The molecule has 0 fully saturated rings. The average molecular weight is 412 g/mol. The van der Waals surface area contributed by atoms with Gasteiger partial charge in [-0.15, -0.1) is 0 Å². The van der Waals surface area contributed by atoms with Crippen LogP contribution in [0.1, 0.15) is 21.5 Å². The van der Waals surface area contributed by atoms with Crippen LogP contribution in [-0.4, -0.2) is 27.8 Å². The molecular formula is C21H18ClN3O4. The predicted octanol–water partition coefficient (Wildman–Crippen LogP) is 4.49. The lowest BCUT2D eigenvalue weighted by Crippen LogP contribution is -2.26. The van der Waals surface area contributed by atoms with Gasteiger partial charge in [-0.3, -0.25) is 19.9 Å². The van der Waals surface area contributed by atoms with E-state index < -0.39 is 4.92 Å². The monoisotopic (exact) mass is 411 g/mol. The molecule has 1 aromatic heterocycles. The summed E-state index contributed by atoms with van der Waals surface area (Å²) in [7, 11) is 1.62. The molecule has 0 spiro atoms. The lowest BCUT2D eigenvalue weighted by Gasteiger charge is -2.18. The third-order valence-electron chi connectivity index (χ3n) is 4.22. The van der Waals surface area contributed by atoms with Crippen molar-refractivity contribution in [1.29, 1.82) is 0 Å².